The van der Waals surface area contributed by atoms with Crippen molar-refractivity contribution >= 4 is 34.1 Å². The molecule has 1 amide bonds. The third-order valence-electron chi connectivity index (χ3n) is 5.04. The van der Waals surface area contributed by atoms with E-state index in [1.54, 1.807) is 6.07 Å². The first-order chi connectivity index (χ1) is 14.1. The average molecular weight is 410 g/mol. The van der Waals surface area contributed by atoms with Gasteiger partial charge in [0.05, 0.1) is 16.2 Å². The zero-order chi connectivity index (χ0) is 20.6. The first-order valence-corrected chi connectivity index (χ1v) is 10.6. The van der Waals surface area contributed by atoms with E-state index in [9.17, 15) is 4.79 Å². The van der Waals surface area contributed by atoms with Gasteiger partial charge in [0.25, 0.3) is 0 Å². The molecular weight excluding hydrogens is 382 g/mol. The minimum Gasteiger partial charge on any atom is -0.324 e. The summed E-state index contributed by atoms with van der Waals surface area (Å²) in [5, 5.41) is 7.74. The summed E-state index contributed by atoms with van der Waals surface area (Å²) >= 11 is 6.41. The van der Waals surface area contributed by atoms with Crippen LogP contribution in [0.3, 0.4) is 0 Å². The van der Waals surface area contributed by atoms with E-state index < -0.39 is 0 Å². The molecule has 29 heavy (non-hydrogen) atoms. The summed E-state index contributed by atoms with van der Waals surface area (Å²) in [4.78, 5) is 17.4. The van der Waals surface area contributed by atoms with Gasteiger partial charge < -0.3 is 10.6 Å². The smallest absolute Gasteiger partial charge is 0.225 e. The van der Waals surface area contributed by atoms with Crippen molar-refractivity contribution in [3.8, 4) is 0 Å². The van der Waals surface area contributed by atoms with Gasteiger partial charge in [-0.25, -0.2) is 0 Å². The van der Waals surface area contributed by atoms with Crippen molar-refractivity contribution < 1.29 is 4.79 Å². The molecule has 1 heterocycles. The fourth-order valence-corrected chi connectivity index (χ4v) is 3.64. The number of aryl methyl sites for hydroxylation is 1. The van der Waals surface area contributed by atoms with Crippen LogP contribution < -0.4 is 10.6 Å². The van der Waals surface area contributed by atoms with Gasteiger partial charge in [0, 0.05) is 17.5 Å². The highest BCUT2D eigenvalue weighted by Gasteiger charge is 2.15. The van der Waals surface area contributed by atoms with E-state index in [0.717, 1.165) is 48.1 Å². The van der Waals surface area contributed by atoms with Crippen molar-refractivity contribution in [3.63, 3.8) is 0 Å². The quantitative estimate of drug-likeness (QED) is 0.454. The molecule has 4 nitrogen and oxygen atoms in total. The Morgan fingerprint density at radius 1 is 1.10 bits per heavy atom. The van der Waals surface area contributed by atoms with E-state index in [1.807, 2.05) is 48.5 Å². The van der Waals surface area contributed by atoms with Gasteiger partial charge in [-0.15, -0.1) is 0 Å². The van der Waals surface area contributed by atoms with Crippen LogP contribution in [0.4, 0.5) is 5.69 Å². The Labute approximate surface area is 177 Å². The lowest BCUT2D eigenvalue weighted by molar-refractivity contribution is -0.116. The molecule has 0 aliphatic carbocycles. The number of carbonyl (C=O) groups excluding carboxylic acids is 1. The summed E-state index contributed by atoms with van der Waals surface area (Å²) in [5.41, 5.74) is 3.69. The standard InChI is InChI=1S/C24H28ClN3O/c1-3-26-15-7-10-19-11-12-20-22(27-19)14-13-21(25)24(20)28-23(29)16-17(2)18-8-5-4-6-9-18/h4-6,8-9,11-14,17,26H,3,7,10,15-16H2,1-2H3,(H,28,29)/t17-/m1/s1. The second-order valence-corrected chi connectivity index (χ2v) is 7.72. The summed E-state index contributed by atoms with van der Waals surface area (Å²) in [5.74, 6) is 0.0804. The zero-order valence-electron chi connectivity index (χ0n) is 17.0. The Balaban J connectivity index is 1.72. The van der Waals surface area contributed by atoms with Crippen molar-refractivity contribution in [2.75, 3.05) is 18.4 Å². The largest absolute Gasteiger partial charge is 0.324 e. The molecule has 5 heteroatoms. The molecule has 1 aromatic heterocycles. The number of amides is 1. The maximum absolute atomic E-state index is 12.7. The number of fused-ring (bicyclic) bond motifs is 1. The molecule has 152 valence electrons. The van der Waals surface area contributed by atoms with Gasteiger partial charge in [-0.05, 0) is 61.7 Å². The summed E-state index contributed by atoms with van der Waals surface area (Å²) in [7, 11) is 0. The van der Waals surface area contributed by atoms with Crippen molar-refractivity contribution in [2.45, 2.75) is 39.0 Å². The molecule has 0 aliphatic rings. The number of nitrogens with one attached hydrogen (secondary N) is 2. The Morgan fingerprint density at radius 3 is 2.66 bits per heavy atom. The first kappa shape index (κ1) is 21.3. The molecule has 0 radical (unpaired) electrons. The minimum atomic E-state index is -0.0505. The number of hydrogen-bond acceptors (Lipinski definition) is 3. The number of carbonyl (C=O) groups is 1. The van der Waals surface area contributed by atoms with Crippen LogP contribution in [0.2, 0.25) is 5.02 Å². The number of anilines is 1. The molecule has 0 saturated carbocycles. The van der Waals surface area contributed by atoms with E-state index >= 15 is 0 Å². The van der Waals surface area contributed by atoms with Crippen molar-refractivity contribution in [1.29, 1.82) is 0 Å². The monoisotopic (exact) mass is 409 g/mol. The van der Waals surface area contributed by atoms with Gasteiger partial charge in [0.1, 0.15) is 0 Å². The van der Waals surface area contributed by atoms with Crippen molar-refractivity contribution in [3.05, 3.63) is 70.9 Å². The Morgan fingerprint density at radius 2 is 1.90 bits per heavy atom. The molecule has 3 rings (SSSR count). The molecule has 2 aromatic carbocycles. The molecule has 0 saturated heterocycles. The lowest BCUT2D eigenvalue weighted by Crippen LogP contribution is -2.15. The van der Waals surface area contributed by atoms with E-state index in [0.29, 0.717) is 17.1 Å². The highest BCUT2D eigenvalue weighted by Crippen LogP contribution is 2.31. The summed E-state index contributed by atoms with van der Waals surface area (Å²) in [6.07, 6.45) is 2.36. The molecular formula is C24H28ClN3O. The third-order valence-corrected chi connectivity index (χ3v) is 5.35. The number of benzene rings is 2. The second-order valence-electron chi connectivity index (χ2n) is 7.31. The van der Waals surface area contributed by atoms with Crippen LogP contribution >= 0.6 is 11.6 Å². The van der Waals surface area contributed by atoms with E-state index in [2.05, 4.69) is 24.5 Å². The Kier molecular flexibility index (Phi) is 7.62. The van der Waals surface area contributed by atoms with E-state index in [1.165, 1.54) is 0 Å². The second kappa shape index (κ2) is 10.4. The van der Waals surface area contributed by atoms with Crippen LogP contribution in [0.1, 0.15) is 43.9 Å². The molecule has 0 aliphatic heterocycles. The van der Waals surface area contributed by atoms with Gasteiger partial charge in [0.15, 0.2) is 0 Å². The van der Waals surface area contributed by atoms with Crippen LogP contribution in [-0.4, -0.2) is 24.0 Å². The topological polar surface area (TPSA) is 54.0 Å². The normalized spacial score (nSPS) is 12.1. The van der Waals surface area contributed by atoms with Crippen LogP contribution in [0.5, 0.6) is 0 Å². The molecule has 0 bridgehead atoms. The van der Waals surface area contributed by atoms with Gasteiger partial charge >= 0.3 is 0 Å². The van der Waals surface area contributed by atoms with Gasteiger partial charge in [-0.1, -0.05) is 55.8 Å². The maximum atomic E-state index is 12.7. The third kappa shape index (κ3) is 5.78. The highest BCUT2D eigenvalue weighted by atomic mass is 35.5. The molecule has 0 unspecified atom stereocenters. The first-order valence-electron chi connectivity index (χ1n) is 10.2. The van der Waals surface area contributed by atoms with E-state index in [4.69, 9.17) is 16.6 Å². The molecule has 0 spiro atoms. The van der Waals surface area contributed by atoms with Gasteiger partial charge in [0.2, 0.25) is 5.91 Å². The Hall–Kier alpha value is -2.43. The highest BCUT2D eigenvalue weighted by molar-refractivity contribution is 6.35. The van der Waals surface area contributed by atoms with Crippen molar-refractivity contribution in [2.24, 2.45) is 0 Å². The van der Waals surface area contributed by atoms with Crippen LogP contribution in [0, 0.1) is 0 Å². The number of pyridine rings is 1. The molecule has 2 N–H and O–H groups in total. The number of rotatable bonds is 9. The predicted octanol–water partition coefficient (Wildman–Crippen LogP) is 5.56. The molecule has 3 aromatic rings. The van der Waals surface area contributed by atoms with E-state index in [-0.39, 0.29) is 11.8 Å². The van der Waals surface area contributed by atoms with Crippen LogP contribution in [0.15, 0.2) is 54.6 Å². The predicted molar refractivity (Wildman–Crippen MR) is 122 cm³/mol. The maximum Gasteiger partial charge on any atom is 0.225 e. The summed E-state index contributed by atoms with van der Waals surface area (Å²) in [6, 6.07) is 17.8. The summed E-state index contributed by atoms with van der Waals surface area (Å²) in [6.45, 7) is 6.13. The van der Waals surface area contributed by atoms with Crippen LogP contribution in [0.25, 0.3) is 10.9 Å². The van der Waals surface area contributed by atoms with Gasteiger partial charge in [-0.2, -0.15) is 0 Å². The summed E-state index contributed by atoms with van der Waals surface area (Å²) < 4.78 is 0. The number of hydrogen-bond donors (Lipinski definition) is 2. The van der Waals surface area contributed by atoms with Gasteiger partial charge in [-0.3, -0.25) is 9.78 Å². The fraction of sp³-hybridized carbons (Fsp3) is 0.333. The fourth-order valence-electron chi connectivity index (χ4n) is 3.43. The molecule has 0 fully saturated rings. The lowest BCUT2D eigenvalue weighted by Gasteiger charge is -2.14. The number of halogens is 1. The molecule has 1 atom stereocenters. The average Bonchev–Trinajstić information content (AvgIpc) is 2.74. The van der Waals surface area contributed by atoms with Crippen LogP contribution in [-0.2, 0) is 11.2 Å². The number of nitrogens with zero attached hydrogens (tertiary/aromatic N) is 1. The zero-order valence-corrected chi connectivity index (χ0v) is 17.8. The van der Waals surface area contributed by atoms with Crippen molar-refractivity contribution in [1.82, 2.24) is 10.3 Å². The Bertz CT molecular complexity index is 959. The number of aromatic nitrogens is 1. The minimum absolute atomic E-state index is 0.0505. The lowest BCUT2D eigenvalue weighted by atomic mass is 9.97. The SMILES string of the molecule is CCNCCCc1ccc2c(NC(=O)C[C@@H](C)c3ccccc3)c(Cl)ccc2n1.